The minimum Gasteiger partial charge on any atom is -0.341 e. The Labute approximate surface area is 163 Å². The number of carbonyl (C=O) groups is 1. The molecular formula is C19H21N5O3S. The third-order valence-electron chi connectivity index (χ3n) is 4.87. The summed E-state index contributed by atoms with van der Waals surface area (Å²) in [6.45, 7) is 1.02. The molecule has 0 spiro atoms. The fourth-order valence-electron chi connectivity index (χ4n) is 3.51. The van der Waals surface area contributed by atoms with Crippen LogP contribution in [0.15, 0.2) is 42.9 Å². The highest BCUT2D eigenvalue weighted by Gasteiger charge is 2.28. The SMILES string of the molecule is CS(=O)(=O)CC(=O)N1CCCC(c2nc3ccc(-c4cccnc4)cn3n2)C1. The molecule has 0 N–H and O–H groups in total. The summed E-state index contributed by atoms with van der Waals surface area (Å²) in [7, 11) is -3.34. The Kier molecular flexibility index (Phi) is 4.84. The first-order valence-corrected chi connectivity index (χ1v) is 11.2. The Morgan fingerprint density at radius 1 is 1.25 bits per heavy atom. The molecule has 0 radical (unpaired) electrons. The van der Waals surface area contributed by atoms with Crippen LogP contribution in [0.4, 0.5) is 0 Å². The van der Waals surface area contributed by atoms with Gasteiger partial charge in [0.05, 0.1) is 0 Å². The van der Waals surface area contributed by atoms with Crippen molar-refractivity contribution in [1.82, 2.24) is 24.5 Å². The van der Waals surface area contributed by atoms with E-state index in [1.54, 1.807) is 21.8 Å². The molecule has 3 aromatic heterocycles. The molecule has 0 bridgehead atoms. The number of hydrogen-bond donors (Lipinski definition) is 0. The summed E-state index contributed by atoms with van der Waals surface area (Å²) < 4.78 is 24.6. The van der Waals surface area contributed by atoms with Crippen LogP contribution in [0, 0.1) is 0 Å². The van der Waals surface area contributed by atoms with Crippen LogP contribution in [0.5, 0.6) is 0 Å². The molecule has 1 amide bonds. The molecule has 0 aliphatic carbocycles. The van der Waals surface area contributed by atoms with Crippen molar-refractivity contribution in [2.24, 2.45) is 0 Å². The molecule has 0 aromatic carbocycles. The number of rotatable bonds is 4. The molecule has 8 nitrogen and oxygen atoms in total. The van der Waals surface area contributed by atoms with Crippen molar-refractivity contribution >= 4 is 21.4 Å². The third kappa shape index (κ3) is 4.04. The molecular weight excluding hydrogens is 378 g/mol. The van der Waals surface area contributed by atoms with Gasteiger partial charge in [0, 0.05) is 55.0 Å². The normalized spacial score (nSPS) is 17.8. The van der Waals surface area contributed by atoms with Crippen LogP contribution in [-0.4, -0.2) is 63.9 Å². The molecule has 4 rings (SSSR count). The van der Waals surface area contributed by atoms with E-state index in [4.69, 9.17) is 0 Å². The predicted molar refractivity (Wildman–Crippen MR) is 104 cm³/mol. The monoisotopic (exact) mass is 399 g/mol. The Morgan fingerprint density at radius 3 is 2.86 bits per heavy atom. The van der Waals surface area contributed by atoms with Crippen molar-refractivity contribution in [2.45, 2.75) is 18.8 Å². The summed E-state index contributed by atoms with van der Waals surface area (Å²) in [4.78, 5) is 22.6. The van der Waals surface area contributed by atoms with E-state index in [1.165, 1.54) is 0 Å². The zero-order valence-electron chi connectivity index (χ0n) is 15.5. The van der Waals surface area contributed by atoms with Crippen molar-refractivity contribution in [1.29, 1.82) is 0 Å². The largest absolute Gasteiger partial charge is 0.341 e. The molecule has 0 saturated carbocycles. The molecule has 28 heavy (non-hydrogen) atoms. The summed E-state index contributed by atoms with van der Waals surface area (Å²) in [6.07, 6.45) is 8.20. The molecule has 1 aliphatic heterocycles. The Bertz CT molecular complexity index is 1110. The molecule has 9 heteroatoms. The van der Waals surface area contributed by atoms with E-state index in [0.717, 1.165) is 35.9 Å². The number of hydrogen-bond acceptors (Lipinski definition) is 6. The van der Waals surface area contributed by atoms with Gasteiger partial charge in [0.25, 0.3) is 0 Å². The molecule has 1 fully saturated rings. The van der Waals surface area contributed by atoms with Crippen LogP contribution in [0.2, 0.25) is 0 Å². The van der Waals surface area contributed by atoms with E-state index in [2.05, 4.69) is 15.1 Å². The lowest BCUT2D eigenvalue weighted by atomic mass is 9.97. The lowest BCUT2D eigenvalue weighted by molar-refractivity contribution is -0.129. The summed E-state index contributed by atoms with van der Waals surface area (Å²) in [6, 6.07) is 7.76. The predicted octanol–water partition coefficient (Wildman–Crippen LogP) is 1.54. The van der Waals surface area contributed by atoms with Crippen molar-refractivity contribution in [3.05, 3.63) is 48.7 Å². The minimum absolute atomic E-state index is 0.000924. The van der Waals surface area contributed by atoms with Gasteiger partial charge in [-0.2, -0.15) is 5.10 Å². The third-order valence-corrected chi connectivity index (χ3v) is 5.64. The smallest absolute Gasteiger partial charge is 0.237 e. The maximum Gasteiger partial charge on any atom is 0.237 e. The number of likely N-dealkylation sites (tertiary alicyclic amines) is 1. The van der Waals surface area contributed by atoms with Crippen LogP contribution in [0.1, 0.15) is 24.6 Å². The molecule has 1 saturated heterocycles. The van der Waals surface area contributed by atoms with Crippen molar-refractivity contribution in [3.63, 3.8) is 0 Å². The number of amides is 1. The first kappa shape index (κ1) is 18.5. The number of carbonyl (C=O) groups excluding carboxylic acids is 1. The Morgan fingerprint density at radius 2 is 2.11 bits per heavy atom. The number of nitrogens with zero attached hydrogens (tertiary/aromatic N) is 5. The van der Waals surface area contributed by atoms with Gasteiger partial charge in [0.2, 0.25) is 5.91 Å². The van der Waals surface area contributed by atoms with Gasteiger partial charge in [-0.1, -0.05) is 6.07 Å². The second-order valence-electron chi connectivity index (χ2n) is 7.18. The summed E-state index contributed by atoms with van der Waals surface area (Å²) >= 11 is 0. The minimum atomic E-state index is -3.34. The number of sulfone groups is 1. The second-order valence-corrected chi connectivity index (χ2v) is 9.32. The van der Waals surface area contributed by atoms with Gasteiger partial charge in [0.1, 0.15) is 5.75 Å². The van der Waals surface area contributed by atoms with E-state index in [9.17, 15) is 13.2 Å². The van der Waals surface area contributed by atoms with Gasteiger partial charge in [-0.05, 0) is 31.0 Å². The Hall–Kier alpha value is -2.81. The summed E-state index contributed by atoms with van der Waals surface area (Å²) in [5.74, 6) is -0.124. The highest BCUT2D eigenvalue weighted by atomic mass is 32.2. The average Bonchev–Trinajstić information content (AvgIpc) is 3.11. The molecule has 146 valence electrons. The van der Waals surface area contributed by atoms with E-state index in [-0.39, 0.29) is 11.8 Å². The van der Waals surface area contributed by atoms with E-state index < -0.39 is 15.6 Å². The van der Waals surface area contributed by atoms with Crippen LogP contribution in [0.25, 0.3) is 16.8 Å². The van der Waals surface area contributed by atoms with E-state index in [0.29, 0.717) is 18.9 Å². The number of fused-ring (bicyclic) bond motifs is 1. The van der Waals surface area contributed by atoms with Crippen molar-refractivity contribution in [3.8, 4) is 11.1 Å². The first-order chi connectivity index (χ1) is 13.4. The second kappa shape index (κ2) is 7.31. The van der Waals surface area contributed by atoms with Gasteiger partial charge in [-0.3, -0.25) is 9.78 Å². The average molecular weight is 399 g/mol. The molecule has 4 heterocycles. The van der Waals surface area contributed by atoms with Crippen LogP contribution < -0.4 is 0 Å². The van der Waals surface area contributed by atoms with Gasteiger partial charge >= 0.3 is 0 Å². The maximum atomic E-state index is 12.3. The maximum absolute atomic E-state index is 12.3. The Balaban J connectivity index is 1.56. The molecule has 3 aromatic rings. The standard InChI is InChI=1S/C19H21N5O3S/c1-28(26,27)13-18(25)23-9-3-5-16(11-23)19-21-17-7-6-15(12-24(17)22-19)14-4-2-8-20-10-14/h2,4,6-8,10,12,16H,3,5,9,11,13H2,1H3. The first-order valence-electron chi connectivity index (χ1n) is 9.11. The van der Waals surface area contributed by atoms with E-state index >= 15 is 0 Å². The van der Waals surface area contributed by atoms with Gasteiger partial charge < -0.3 is 4.90 Å². The molecule has 1 unspecified atom stereocenters. The highest BCUT2D eigenvalue weighted by Crippen LogP contribution is 2.26. The number of aromatic nitrogens is 4. The molecule has 1 aliphatic rings. The number of pyridine rings is 2. The zero-order chi connectivity index (χ0) is 19.7. The van der Waals surface area contributed by atoms with Gasteiger partial charge in [0.15, 0.2) is 21.3 Å². The van der Waals surface area contributed by atoms with Crippen molar-refractivity contribution in [2.75, 3.05) is 25.1 Å². The van der Waals surface area contributed by atoms with Gasteiger partial charge in [-0.15, -0.1) is 0 Å². The number of piperidine rings is 1. The zero-order valence-corrected chi connectivity index (χ0v) is 16.3. The van der Waals surface area contributed by atoms with Crippen LogP contribution >= 0.6 is 0 Å². The van der Waals surface area contributed by atoms with Gasteiger partial charge in [-0.25, -0.2) is 17.9 Å². The fourth-order valence-corrected chi connectivity index (χ4v) is 4.14. The lowest BCUT2D eigenvalue weighted by Gasteiger charge is -2.31. The quantitative estimate of drug-likeness (QED) is 0.660. The summed E-state index contributed by atoms with van der Waals surface area (Å²) in [5.41, 5.74) is 2.73. The molecule has 1 atom stereocenters. The summed E-state index contributed by atoms with van der Waals surface area (Å²) in [5, 5.41) is 4.62. The van der Waals surface area contributed by atoms with Crippen LogP contribution in [-0.2, 0) is 14.6 Å². The topological polar surface area (TPSA) is 97.5 Å². The van der Waals surface area contributed by atoms with Crippen molar-refractivity contribution < 1.29 is 13.2 Å². The lowest BCUT2D eigenvalue weighted by Crippen LogP contribution is -2.42. The fraction of sp³-hybridized carbons (Fsp3) is 0.368. The van der Waals surface area contributed by atoms with Crippen LogP contribution in [0.3, 0.4) is 0 Å². The highest BCUT2D eigenvalue weighted by molar-refractivity contribution is 7.91. The van der Waals surface area contributed by atoms with E-state index in [1.807, 2.05) is 30.5 Å².